The van der Waals surface area contributed by atoms with Gasteiger partial charge in [0.05, 0.1) is 17.9 Å². The molecule has 14 nitrogen and oxygen atoms in total. The number of allylic oxidation sites excluding steroid dienone is 1. The van der Waals surface area contributed by atoms with Crippen LogP contribution in [0.15, 0.2) is 42.5 Å². The highest BCUT2D eigenvalue weighted by Gasteiger charge is 2.63. The molecular formula is C36H47N5O9S. The fourth-order valence-corrected chi connectivity index (χ4v) is 8.65. The number of ether oxygens (including phenoxy) is 2. The summed E-state index contributed by atoms with van der Waals surface area (Å²) >= 11 is 0. The molecule has 0 bridgehead atoms. The summed E-state index contributed by atoms with van der Waals surface area (Å²) in [5.41, 5.74) is -1.54. The van der Waals surface area contributed by atoms with Crippen molar-refractivity contribution in [1.82, 2.24) is 25.2 Å². The van der Waals surface area contributed by atoms with E-state index in [4.69, 9.17) is 9.47 Å². The Kier molecular flexibility index (Phi) is 9.96. The Bertz CT molecular complexity index is 1850. The summed E-state index contributed by atoms with van der Waals surface area (Å²) in [7, 11) is -4.00. The summed E-state index contributed by atoms with van der Waals surface area (Å²) in [4.78, 5) is 60.4. The number of hydrogen-bond acceptors (Lipinski definition) is 9. The number of nitrogens with zero attached hydrogens (tertiary/aromatic N) is 2. The normalized spacial score (nSPS) is 30.5. The van der Waals surface area contributed by atoms with Gasteiger partial charge in [0.1, 0.15) is 23.7 Å². The minimum absolute atomic E-state index is 0.00555. The summed E-state index contributed by atoms with van der Waals surface area (Å²) in [6.07, 6.45) is 4.65. The van der Waals surface area contributed by atoms with Crippen molar-refractivity contribution >= 4 is 44.6 Å². The predicted molar refractivity (Wildman–Crippen MR) is 187 cm³/mol. The van der Waals surface area contributed by atoms with E-state index >= 15 is 0 Å². The second-order valence-corrected chi connectivity index (χ2v) is 17.0. The molecule has 2 aromatic rings. The Balaban J connectivity index is 1.35. The maximum absolute atomic E-state index is 14.4. The molecule has 4 N–H and O–H groups in total. The van der Waals surface area contributed by atoms with E-state index < -0.39 is 74.1 Å². The van der Waals surface area contributed by atoms with Crippen molar-refractivity contribution in [3.63, 3.8) is 0 Å². The van der Waals surface area contributed by atoms with Crippen molar-refractivity contribution in [2.24, 2.45) is 17.8 Å². The molecule has 15 heteroatoms. The highest BCUT2D eigenvalue weighted by atomic mass is 32.2. The smallest absolute Gasteiger partial charge is 0.405 e. The molecule has 3 heterocycles. The van der Waals surface area contributed by atoms with Gasteiger partial charge in [-0.1, -0.05) is 44.2 Å². The largest absolute Gasteiger partial charge is 0.478 e. The van der Waals surface area contributed by atoms with Crippen LogP contribution in [0.5, 0.6) is 11.8 Å². The lowest BCUT2D eigenvalue weighted by Crippen LogP contribution is -2.59. The van der Waals surface area contributed by atoms with Gasteiger partial charge in [0.2, 0.25) is 33.6 Å². The number of carboxylic acid groups (broad SMARTS) is 1. The molecule has 0 spiro atoms. The standard InChI is InChI=1S/C36H47N5O9S/c1-5-49-28-17-23-11-7-9-13-26(23)31(37-28)50-25-18-27-30(42)39-36(33(44)40-51(47,48)35(4)14-15-35)19-24(36)12-8-6-10-21(2)16-22(3)29(38-34(45)46)32(43)41(27)20-25/h7-9,11-13,17,21-22,24-25,27,29,38H,5-6,10,14-16,18-20H2,1-4H3,(H,39,42)(H,40,44)(H,45,46)/t21-,22-,24-,25-,27+,29+,36-/m1/s1. The molecule has 1 saturated heterocycles. The zero-order chi connectivity index (χ0) is 36.7. The number of carbonyl (C=O) groups excluding carboxylic acids is 3. The first-order valence-electron chi connectivity index (χ1n) is 17.7. The molecule has 4 aliphatic rings. The average molecular weight is 726 g/mol. The van der Waals surface area contributed by atoms with Crippen molar-refractivity contribution in [2.75, 3.05) is 13.2 Å². The number of sulfonamides is 1. The maximum atomic E-state index is 14.4. The molecule has 2 aliphatic carbocycles. The van der Waals surface area contributed by atoms with Gasteiger partial charge in [0.25, 0.3) is 5.91 Å². The van der Waals surface area contributed by atoms with Gasteiger partial charge in [-0.15, -0.1) is 0 Å². The Morgan fingerprint density at radius 1 is 1.16 bits per heavy atom. The van der Waals surface area contributed by atoms with Crippen LogP contribution in [0.2, 0.25) is 0 Å². The van der Waals surface area contributed by atoms with E-state index in [1.807, 2.05) is 57.2 Å². The monoisotopic (exact) mass is 725 g/mol. The lowest BCUT2D eigenvalue weighted by Gasteiger charge is -2.32. The second-order valence-electron chi connectivity index (χ2n) is 14.8. The number of amides is 4. The highest BCUT2D eigenvalue weighted by Crippen LogP contribution is 2.47. The van der Waals surface area contributed by atoms with Crippen LogP contribution in [0.4, 0.5) is 4.79 Å². The Hall–Kier alpha value is -4.40. The number of carbonyl (C=O) groups is 4. The van der Waals surface area contributed by atoms with E-state index in [-0.39, 0.29) is 31.2 Å². The van der Waals surface area contributed by atoms with Crippen LogP contribution in [0.25, 0.3) is 10.8 Å². The molecule has 51 heavy (non-hydrogen) atoms. The van der Waals surface area contributed by atoms with Crippen LogP contribution >= 0.6 is 0 Å². The Morgan fingerprint density at radius 3 is 2.61 bits per heavy atom. The van der Waals surface area contributed by atoms with Gasteiger partial charge in [-0.2, -0.15) is 4.98 Å². The van der Waals surface area contributed by atoms with Crippen LogP contribution in [-0.2, 0) is 24.4 Å². The van der Waals surface area contributed by atoms with Gasteiger partial charge in [-0.3, -0.25) is 19.1 Å². The maximum Gasteiger partial charge on any atom is 0.405 e. The van der Waals surface area contributed by atoms with Crippen molar-refractivity contribution < 1.29 is 42.2 Å². The number of aromatic nitrogens is 1. The summed E-state index contributed by atoms with van der Waals surface area (Å²) in [6, 6.07) is 6.92. The van der Waals surface area contributed by atoms with E-state index in [0.717, 1.165) is 11.8 Å². The zero-order valence-electron chi connectivity index (χ0n) is 29.4. The van der Waals surface area contributed by atoms with Crippen molar-refractivity contribution in [1.29, 1.82) is 0 Å². The van der Waals surface area contributed by atoms with Gasteiger partial charge in [-0.05, 0) is 75.7 Å². The fourth-order valence-electron chi connectivity index (χ4n) is 7.34. The van der Waals surface area contributed by atoms with E-state index in [0.29, 0.717) is 43.6 Å². The first-order valence-corrected chi connectivity index (χ1v) is 19.2. The number of fused-ring (bicyclic) bond motifs is 3. The number of rotatable bonds is 8. The minimum atomic E-state index is -4.00. The van der Waals surface area contributed by atoms with Crippen LogP contribution < -0.4 is 24.8 Å². The number of benzene rings is 1. The van der Waals surface area contributed by atoms with E-state index in [1.54, 1.807) is 13.0 Å². The minimum Gasteiger partial charge on any atom is -0.478 e. The van der Waals surface area contributed by atoms with Gasteiger partial charge in [0, 0.05) is 23.8 Å². The number of nitrogens with one attached hydrogen (secondary N) is 3. The molecule has 2 aliphatic heterocycles. The average Bonchev–Trinajstić information content (AvgIpc) is 3.95. The molecule has 1 aromatic heterocycles. The molecule has 0 radical (unpaired) electrons. The van der Waals surface area contributed by atoms with Gasteiger partial charge in [0.15, 0.2) is 0 Å². The summed E-state index contributed by atoms with van der Waals surface area (Å²) in [6.45, 7) is 7.56. The molecule has 1 aromatic carbocycles. The zero-order valence-corrected chi connectivity index (χ0v) is 30.2. The van der Waals surface area contributed by atoms with Gasteiger partial charge >= 0.3 is 6.09 Å². The fraction of sp³-hybridized carbons (Fsp3) is 0.583. The summed E-state index contributed by atoms with van der Waals surface area (Å²) < 4.78 is 39.5. The van der Waals surface area contributed by atoms with Crippen molar-refractivity contribution in [3.05, 3.63) is 42.5 Å². The molecule has 3 fully saturated rings. The third-order valence-electron chi connectivity index (χ3n) is 10.8. The van der Waals surface area contributed by atoms with E-state index in [2.05, 4.69) is 20.3 Å². The third kappa shape index (κ3) is 7.49. The van der Waals surface area contributed by atoms with Crippen LogP contribution in [0.3, 0.4) is 0 Å². The highest BCUT2D eigenvalue weighted by molar-refractivity contribution is 7.91. The molecule has 4 amide bonds. The van der Waals surface area contributed by atoms with Gasteiger partial charge < -0.3 is 30.1 Å². The van der Waals surface area contributed by atoms with Crippen LogP contribution in [0, 0.1) is 17.8 Å². The first-order chi connectivity index (χ1) is 24.2. The third-order valence-corrected chi connectivity index (χ3v) is 12.9. The van der Waals surface area contributed by atoms with Gasteiger partial charge in [-0.25, -0.2) is 13.2 Å². The van der Waals surface area contributed by atoms with Crippen molar-refractivity contribution in [3.8, 4) is 11.8 Å². The SMILES string of the molecule is CCOc1cc2ccccc2c(O[C@@H]2C[C@H]3C(=O)N[C@]4(C(=O)NS(=O)(=O)C5(C)CC5)C[C@H]4C=CCC[C@@H](C)C[C@@H](C)[C@H](NC(=O)O)C(=O)N3C2)n1. The molecule has 276 valence electrons. The van der Waals surface area contributed by atoms with Crippen LogP contribution in [0.1, 0.15) is 72.6 Å². The predicted octanol–water partition coefficient (Wildman–Crippen LogP) is 3.50. The summed E-state index contributed by atoms with van der Waals surface area (Å²) in [5, 5.41) is 16.5. The topological polar surface area (TPSA) is 193 Å². The lowest BCUT2D eigenvalue weighted by atomic mass is 9.88. The van der Waals surface area contributed by atoms with E-state index in [9.17, 15) is 32.7 Å². The quantitative estimate of drug-likeness (QED) is 0.293. The number of hydrogen-bond donors (Lipinski definition) is 4. The molecule has 7 atom stereocenters. The summed E-state index contributed by atoms with van der Waals surface area (Å²) in [5.74, 6) is -2.22. The van der Waals surface area contributed by atoms with E-state index in [1.165, 1.54) is 4.90 Å². The Labute approximate surface area is 297 Å². The second kappa shape index (κ2) is 14.0. The number of pyridine rings is 1. The lowest BCUT2D eigenvalue weighted by molar-refractivity contribution is -0.142. The molecular weight excluding hydrogens is 678 g/mol. The first kappa shape index (κ1) is 36.4. The van der Waals surface area contributed by atoms with Crippen molar-refractivity contribution in [2.45, 2.75) is 101 Å². The molecule has 2 saturated carbocycles. The Morgan fingerprint density at radius 2 is 1.90 bits per heavy atom. The molecule has 0 unspecified atom stereocenters. The molecule has 6 rings (SSSR count). The van der Waals surface area contributed by atoms with Crippen LogP contribution in [-0.4, -0.2) is 88.8 Å².